The highest BCUT2D eigenvalue weighted by Gasteiger charge is 2.11. The highest BCUT2D eigenvalue weighted by Crippen LogP contribution is 2.14. The summed E-state index contributed by atoms with van der Waals surface area (Å²) in [4.78, 5) is 0. The molecule has 3 unspecified atom stereocenters. The van der Waals surface area contributed by atoms with Gasteiger partial charge in [0.05, 0.1) is 12.2 Å². The molecule has 2 heteroatoms. The Balaban J connectivity index is 3.61. The van der Waals surface area contributed by atoms with Crippen LogP contribution in [0.3, 0.4) is 0 Å². The summed E-state index contributed by atoms with van der Waals surface area (Å²) in [5.74, 6) is 0.249. The highest BCUT2D eigenvalue weighted by molar-refractivity contribution is 4.96. The van der Waals surface area contributed by atoms with Crippen LogP contribution in [0.15, 0.2) is 12.2 Å². The van der Waals surface area contributed by atoms with Crippen molar-refractivity contribution in [3.05, 3.63) is 12.2 Å². The van der Waals surface area contributed by atoms with Crippen molar-refractivity contribution < 1.29 is 10.2 Å². The SMILES string of the molecule is C=C(C)C(O)CCC(C)C(C)O. The van der Waals surface area contributed by atoms with Gasteiger partial charge >= 0.3 is 0 Å². The van der Waals surface area contributed by atoms with E-state index in [1.54, 1.807) is 6.92 Å². The zero-order valence-corrected chi connectivity index (χ0v) is 8.25. The zero-order valence-electron chi connectivity index (χ0n) is 8.25. The van der Waals surface area contributed by atoms with Gasteiger partial charge in [0.15, 0.2) is 0 Å². The molecule has 0 heterocycles. The van der Waals surface area contributed by atoms with Crippen LogP contribution in [0.5, 0.6) is 0 Å². The first-order chi connectivity index (χ1) is 5.45. The second-order valence-electron chi connectivity index (χ2n) is 3.66. The summed E-state index contributed by atoms with van der Waals surface area (Å²) < 4.78 is 0. The molecular formula is C10H20O2. The van der Waals surface area contributed by atoms with Crippen LogP contribution >= 0.6 is 0 Å². The molecule has 0 saturated carbocycles. The van der Waals surface area contributed by atoms with Crippen molar-refractivity contribution in [1.82, 2.24) is 0 Å². The minimum atomic E-state index is -0.411. The molecule has 0 amide bonds. The molecule has 0 aliphatic rings. The normalized spacial score (nSPS) is 18.4. The van der Waals surface area contributed by atoms with Crippen LogP contribution in [-0.4, -0.2) is 22.4 Å². The van der Waals surface area contributed by atoms with Gasteiger partial charge in [0.2, 0.25) is 0 Å². The summed E-state index contributed by atoms with van der Waals surface area (Å²) in [7, 11) is 0. The van der Waals surface area contributed by atoms with Crippen molar-refractivity contribution in [2.24, 2.45) is 5.92 Å². The molecule has 0 aromatic heterocycles. The minimum absolute atomic E-state index is 0.249. The third-order valence-corrected chi connectivity index (χ3v) is 2.29. The van der Waals surface area contributed by atoms with E-state index in [2.05, 4.69) is 6.58 Å². The molecule has 0 saturated heterocycles. The van der Waals surface area contributed by atoms with Crippen LogP contribution in [0.4, 0.5) is 0 Å². The van der Waals surface area contributed by atoms with Gasteiger partial charge in [0, 0.05) is 0 Å². The van der Waals surface area contributed by atoms with Gasteiger partial charge in [-0.15, -0.1) is 0 Å². The Morgan fingerprint density at radius 2 is 1.75 bits per heavy atom. The van der Waals surface area contributed by atoms with Gasteiger partial charge in [-0.05, 0) is 32.6 Å². The molecule has 0 bridgehead atoms. The van der Waals surface area contributed by atoms with Gasteiger partial charge in [0.25, 0.3) is 0 Å². The summed E-state index contributed by atoms with van der Waals surface area (Å²) in [5.41, 5.74) is 0.799. The number of aliphatic hydroxyl groups excluding tert-OH is 2. The van der Waals surface area contributed by atoms with Crippen LogP contribution in [0, 0.1) is 5.92 Å². The lowest BCUT2D eigenvalue weighted by Crippen LogP contribution is -2.16. The van der Waals surface area contributed by atoms with Crippen molar-refractivity contribution in [2.45, 2.75) is 45.8 Å². The predicted molar refractivity (Wildman–Crippen MR) is 50.9 cm³/mol. The average Bonchev–Trinajstić information content (AvgIpc) is 1.98. The number of hydrogen-bond donors (Lipinski definition) is 2. The van der Waals surface area contributed by atoms with E-state index in [1.807, 2.05) is 13.8 Å². The largest absolute Gasteiger partial charge is 0.393 e. The Labute approximate surface area is 74.9 Å². The van der Waals surface area contributed by atoms with Gasteiger partial charge in [-0.3, -0.25) is 0 Å². The van der Waals surface area contributed by atoms with Crippen LogP contribution in [-0.2, 0) is 0 Å². The third kappa shape index (κ3) is 4.52. The molecular weight excluding hydrogens is 152 g/mol. The Hall–Kier alpha value is -0.340. The molecule has 0 aliphatic carbocycles. The van der Waals surface area contributed by atoms with Crippen molar-refractivity contribution in [1.29, 1.82) is 0 Å². The van der Waals surface area contributed by atoms with Crippen molar-refractivity contribution in [3.63, 3.8) is 0 Å². The summed E-state index contributed by atoms with van der Waals surface area (Å²) in [6, 6.07) is 0. The van der Waals surface area contributed by atoms with Crippen molar-refractivity contribution in [2.75, 3.05) is 0 Å². The standard InChI is InChI=1S/C10H20O2/c1-7(2)10(12)6-5-8(3)9(4)11/h8-12H,1,5-6H2,2-4H3. The summed E-state index contributed by atoms with van der Waals surface area (Å²) in [6.45, 7) is 9.24. The van der Waals surface area contributed by atoms with Crippen molar-refractivity contribution in [3.8, 4) is 0 Å². The first kappa shape index (κ1) is 11.7. The maximum Gasteiger partial charge on any atom is 0.0744 e. The first-order valence-corrected chi connectivity index (χ1v) is 4.46. The molecule has 0 radical (unpaired) electrons. The molecule has 0 aromatic rings. The number of hydrogen-bond acceptors (Lipinski definition) is 2. The lowest BCUT2D eigenvalue weighted by molar-refractivity contribution is 0.115. The maximum atomic E-state index is 9.38. The van der Waals surface area contributed by atoms with E-state index >= 15 is 0 Å². The quantitative estimate of drug-likeness (QED) is 0.620. The van der Waals surface area contributed by atoms with Crippen LogP contribution in [0.2, 0.25) is 0 Å². The molecule has 3 atom stereocenters. The zero-order chi connectivity index (χ0) is 9.72. The van der Waals surface area contributed by atoms with Gasteiger partial charge in [0.1, 0.15) is 0 Å². The fourth-order valence-electron chi connectivity index (χ4n) is 0.908. The molecule has 0 aliphatic heterocycles. The second kappa shape index (κ2) is 5.33. The molecule has 0 spiro atoms. The molecule has 2 N–H and O–H groups in total. The van der Waals surface area contributed by atoms with E-state index in [0.717, 1.165) is 12.0 Å². The van der Waals surface area contributed by atoms with Gasteiger partial charge < -0.3 is 10.2 Å². The molecule has 0 aromatic carbocycles. The van der Waals surface area contributed by atoms with E-state index in [-0.39, 0.29) is 12.0 Å². The van der Waals surface area contributed by atoms with Crippen LogP contribution in [0.25, 0.3) is 0 Å². The maximum absolute atomic E-state index is 9.38. The lowest BCUT2D eigenvalue weighted by atomic mass is 9.96. The van der Waals surface area contributed by atoms with Gasteiger partial charge in [-0.1, -0.05) is 19.1 Å². The predicted octanol–water partition coefficient (Wildman–Crippen LogP) is 1.72. The van der Waals surface area contributed by atoms with Crippen LogP contribution < -0.4 is 0 Å². The highest BCUT2D eigenvalue weighted by atomic mass is 16.3. The first-order valence-electron chi connectivity index (χ1n) is 4.46. The molecule has 12 heavy (non-hydrogen) atoms. The summed E-state index contributed by atoms with van der Waals surface area (Å²) in [6.07, 6.45) is 0.834. The minimum Gasteiger partial charge on any atom is -0.393 e. The van der Waals surface area contributed by atoms with Gasteiger partial charge in [-0.25, -0.2) is 0 Å². The summed E-state index contributed by atoms with van der Waals surface area (Å²) in [5, 5.41) is 18.5. The smallest absolute Gasteiger partial charge is 0.0744 e. The number of rotatable bonds is 5. The molecule has 2 nitrogen and oxygen atoms in total. The fourth-order valence-corrected chi connectivity index (χ4v) is 0.908. The average molecular weight is 172 g/mol. The van der Waals surface area contributed by atoms with Gasteiger partial charge in [-0.2, -0.15) is 0 Å². The number of aliphatic hydroxyl groups is 2. The summed E-state index contributed by atoms with van der Waals surface area (Å²) >= 11 is 0. The van der Waals surface area contributed by atoms with Crippen LogP contribution in [0.1, 0.15) is 33.6 Å². The van der Waals surface area contributed by atoms with E-state index in [1.165, 1.54) is 0 Å². The molecule has 0 rings (SSSR count). The monoisotopic (exact) mass is 172 g/mol. The molecule has 0 fully saturated rings. The van der Waals surface area contributed by atoms with Crippen molar-refractivity contribution >= 4 is 0 Å². The fraction of sp³-hybridized carbons (Fsp3) is 0.800. The topological polar surface area (TPSA) is 40.5 Å². The van der Waals surface area contributed by atoms with E-state index in [9.17, 15) is 5.11 Å². The third-order valence-electron chi connectivity index (χ3n) is 2.29. The Bertz CT molecular complexity index is 141. The van der Waals surface area contributed by atoms with E-state index in [0.29, 0.717) is 6.42 Å². The second-order valence-corrected chi connectivity index (χ2v) is 3.66. The Morgan fingerprint density at radius 3 is 2.08 bits per heavy atom. The molecule has 72 valence electrons. The Morgan fingerprint density at radius 1 is 1.25 bits per heavy atom. The lowest BCUT2D eigenvalue weighted by Gasteiger charge is -2.16. The Kier molecular flexibility index (Phi) is 5.18. The van der Waals surface area contributed by atoms with E-state index < -0.39 is 6.10 Å². The van der Waals surface area contributed by atoms with E-state index in [4.69, 9.17) is 5.11 Å².